The number of hydrogen-bond acceptors (Lipinski definition) is 4. The number of amides is 2. The third kappa shape index (κ3) is 1.34. The standard InChI is InChI=1S/C10H6ClN3O2S/c1-14-4-2-3-12-9-5(4)6(13-10(14)16)7(17-9)8(11)15/h2-3H,1H3,(H,13,16). The number of rotatable bonds is 1. The van der Waals surface area contributed by atoms with E-state index in [2.05, 4.69) is 10.3 Å². The van der Waals surface area contributed by atoms with E-state index in [-0.39, 0.29) is 6.03 Å². The minimum absolute atomic E-state index is 0.289. The Morgan fingerprint density at radius 1 is 1.59 bits per heavy atom. The van der Waals surface area contributed by atoms with E-state index < -0.39 is 5.24 Å². The summed E-state index contributed by atoms with van der Waals surface area (Å²) in [5.41, 5.74) is 1.20. The number of anilines is 2. The Hall–Kier alpha value is -1.66. The van der Waals surface area contributed by atoms with Gasteiger partial charge in [0.25, 0.3) is 5.24 Å². The van der Waals surface area contributed by atoms with Crippen molar-refractivity contribution in [3.8, 4) is 0 Å². The first kappa shape index (κ1) is 10.5. The SMILES string of the molecule is CN1C(=O)Nc2c(C(=O)Cl)sc3nccc1c23. The van der Waals surface area contributed by atoms with Crippen LogP contribution in [-0.4, -0.2) is 23.3 Å². The second-order valence-electron chi connectivity index (χ2n) is 3.58. The van der Waals surface area contributed by atoms with Crippen LogP contribution in [0.5, 0.6) is 0 Å². The van der Waals surface area contributed by atoms with Gasteiger partial charge < -0.3 is 5.32 Å². The molecule has 1 aliphatic heterocycles. The molecule has 2 aromatic rings. The summed E-state index contributed by atoms with van der Waals surface area (Å²) in [6.07, 6.45) is 1.61. The topological polar surface area (TPSA) is 62.3 Å². The predicted octanol–water partition coefficient (Wildman–Crippen LogP) is 2.66. The molecule has 1 N–H and O–H groups in total. The Labute approximate surface area is 105 Å². The van der Waals surface area contributed by atoms with Gasteiger partial charge in [-0.2, -0.15) is 0 Å². The normalized spacial score (nSPS) is 14.0. The third-order valence-corrected chi connectivity index (χ3v) is 4.04. The van der Waals surface area contributed by atoms with Gasteiger partial charge in [0.05, 0.1) is 16.8 Å². The lowest BCUT2D eigenvalue weighted by molar-refractivity contribution is 0.108. The van der Waals surface area contributed by atoms with Gasteiger partial charge in [-0.15, -0.1) is 11.3 Å². The second kappa shape index (κ2) is 3.41. The highest BCUT2D eigenvalue weighted by Gasteiger charge is 2.29. The minimum atomic E-state index is -0.584. The molecule has 0 fully saturated rings. The lowest BCUT2D eigenvalue weighted by atomic mass is 10.2. The lowest BCUT2D eigenvalue weighted by Crippen LogP contribution is -2.34. The van der Waals surface area contributed by atoms with Gasteiger partial charge in [-0.05, 0) is 17.7 Å². The molecule has 1 aliphatic rings. The maximum Gasteiger partial charge on any atom is 0.326 e. The fourth-order valence-corrected chi connectivity index (χ4v) is 3.01. The van der Waals surface area contributed by atoms with Crippen LogP contribution in [0.2, 0.25) is 0 Å². The molecular formula is C10H6ClN3O2S. The molecule has 0 unspecified atom stereocenters. The van der Waals surface area contributed by atoms with Crippen molar-refractivity contribution >= 4 is 55.8 Å². The highest BCUT2D eigenvalue weighted by molar-refractivity contribution is 7.22. The number of carbonyl (C=O) groups excluding carboxylic acids is 2. The molecule has 0 saturated heterocycles. The summed E-state index contributed by atoms with van der Waals surface area (Å²) in [5.74, 6) is 0. The monoisotopic (exact) mass is 267 g/mol. The van der Waals surface area contributed by atoms with E-state index in [4.69, 9.17) is 11.6 Å². The maximum atomic E-state index is 11.7. The Morgan fingerprint density at radius 2 is 2.35 bits per heavy atom. The maximum absolute atomic E-state index is 11.7. The Morgan fingerprint density at radius 3 is 3.06 bits per heavy atom. The van der Waals surface area contributed by atoms with Crippen LogP contribution in [0.1, 0.15) is 9.67 Å². The lowest BCUT2D eigenvalue weighted by Gasteiger charge is -2.24. The van der Waals surface area contributed by atoms with Crippen molar-refractivity contribution in [2.24, 2.45) is 0 Å². The molecule has 0 bridgehead atoms. The van der Waals surface area contributed by atoms with Gasteiger partial charge in [0.15, 0.2) is 0 Å². The Kier molecular flexibility index (Phi) is 2.11. The molecule has 86 valence electrons. The first-order valence-electron chi connectivity index (χ1n) is 4.75. The van der Waals surface area contributed by atoms with E-state index in [0.29, 0.717) is 15.4 Å². The highest BCUT2D eigenvalue weighted by Crippen LogP contribution is 2.43. The van der Waals surface area contributed by atoms with Crippen molar-refractivity contribution in [2.75, 3.05) is 17.3 Å². The molecule has 0 aromatic carbocycles. The number of carbonyl (C=O) groups is 2. The molecule has 7 heteroatoms. The minimum Gasteiger partial charge on any atom is -0.305 e. The fraction of sp³-hybridized carbons (Fsp3) is 0.100. The predicted molar refractivity (Wildman–Crippen MR) is 67.2 cm³/mol. The van der Waals surface area contributed by atoms with Crippen LogP contribution in [0.4, 0.5) is 16.2 Å². The van der Waals surface area contributed by atoms with Gasteiger partial charge in [-0.1, -0.05) is 0 Å². The zero-order valence-electron chi connectivity index (χ0n) is 8.65. The van der Waals surface area contributed by atoms with Crippen LogP contribution in [0.15, 0.2) is 12.3 Å². The van der Waals surface area contributed by atoms with Gasteiger partial charge in [0.2, 0.25) is 0 Å². The van der Waals surface area contributed by atoms with E-state index in [1.807, 2.05) is 0 Å². The molecular weight excluding hydrogens is 262 g/mol. The van der Waals surface area contributed by atoms with Gasteiger partial charge in [0.1, 0.15) is 9.71 Å². The number of halogens is 1. The number of urea groups is 1. The van der Waals surface area contributed by atoms with E-state index in [1.54, 1.807) is 19.3 Å². The van der Waals surface area contributed by atoms with Crippen LogP contribution < -0.4 is 10.2 Å². The molecule has 3 rings (SSSR count). The van der Waals surface area contributed by atoms with Crippen LogP contribution in [0.3, 0.4) is 0 Å². The molecule has 3 heterocycles. The van der Waals surface area contributed by atoms with Crippen molar-refractivity contribution in [1.82, 2.24) is 4.98 Å². The summed E-state index contributed by atoms with van der Waals surface area (Å²) in [6.45, 7) is 0. The number of pyridine rings is 1. The van der Waals surface area contributed by atoms with Crippen molar-refractivity contribution < 1.29 is 9.59 Å². The number of nitrogens with one attached hydrogen (secondary N) is 1. The smallest absolute Gasteiger partial charge is 0.305 e. The van der Waals surface area contributed by atoms with Crippen LogP contribution in [-0.2, 0) is 0 Å². The summed E-state index contributed by atoms with van der Waals surface area (Å²) in [7, 11) is 1.66. The molecule has 2 aromatic heterocycles. The molecule has 0 saturated carbocycles. The summed E-state index contributed by atoms with van der Waals surface area (Å²) in [4.78, 5) is 29.7. The zero-order valence-corrected chi connectivity index (χ0v) is 10.2. The van der Waals surface area contributed by atoms with E-state index >= 15 is 0 Å². The first-order valence-corrected chi connectivity index (χ1v) is 5.95. The Balaban J connectivity index is 2.43. The second-order valence-corrected chi connectivity index (χ2v) is 4.92. The number of aromatic nitrogens is 1. The van der Waals surface area contributed by atoms with Crippen molar-refractivity contribution in [3.05, 3.63) is 17.1 Å². The summed E-state index contributed by atoms with van der Waals surface area (Å²) in [6, 6.07) is 1.45. The molecule has 0 spiro atoms. The number of nitrogens with zero attached hydrogens (tertiary/aromatic N) is 2. The fourth-order valence-electron chi connectivity index (χ4n) is 1.84. The number of hydrogen-bond donors (Lipinski definition) is 1. The molecule has 0 aliphatic carbocycles. The average Bonchev–Trinajstić information content (AvgIpc) is 2.66. The quantitative estimate of drug-likeness (QED) is 0.808. The average molecular weight is 268 g/mol. The molecule has 17 heavy (non-hydrogen) atoms. The van der Waals surface area contributed by atoms with Crippen molar-refractivity contribution in [1.29, 1.82) is 0 Å². The van der Waals surface area contributed by atoms with E-state index in [1.165, 1.54) is 16.2 Å². The van der Waals surface area contributed by atoms with Crippen molar-refractivity contribution in [2.45, 2.75) is 0 Å². The number of thiophene rings is 1. The third-order valence-electron chi connectivity index (χ3n) is 2.65. The molecule has 5 nitrogen and oxygen atoms in total. The van der Waals surface area contributed by atoms with Gasteiger partial charge >= 0.3 is 6.03 Å². The van der Waals surface area contributed by atoms with E-state index in [0.717, 1.165) is 11.1 Å². The van der Waals surface area contributed by atoms with Gasteiger partial charge in [-0.25, -0.2) is 9.78 Å². The van der Waals surface area contributed by atoms with Gasteiger partial charge in [-0.3, -0.25) is 9.69 Å². The van der Waals surface area contributed by atoms with Gasteiger partial charge in [0, 0.05) is 13.2 Å². The molecule has 0 radical (unpaired) electrons. The van der Waals surface area contributed by atoms with Crippen LogP contribution >= 0.6 is 22.9 Å². The summed E-state index contributed by atoms with van der Waals surface area (Å²) in [5, 5.41) is 2.84. The van der Waals surface area contributed by atoms with E-state index in [9.17, 15) is 9.59 Å². The van der Waals surface area contributed by atoms with Crippen molar-refractivity contribution in [3.63, 3.8) is 0 Å². The molecule has 0 atom stereocenters. The Bertz CT molecular complexity index is 667. The van der Waals surface area contributed by atoms with Crippen LogP contribution in [0.25, 0.3) is 10.2 Å². The highest BCUT2D eigenvalue weighted by atomic mass is 35.5. The largest absolute Gasteiger partial charge is 0.326 e. The summed E-state index contributed by atoms with van der Waals surface area (Å²) < 4.78 is 0. The zero-order chi connectivity index (χ0) is 12.2. The van der Waals surface area contributed by atoms with Crippen LogP contribution in [0, 0.1) is 0 Å². The first-order chi connectivity index (χ1) is 8.09. The summed E-state index contributed by atoms with van der Waals surface area (Å²) >= 11 is 6.68. The molecule has 2 amide bonds.